The van der Waals surface area contributed by atoms with E-state index in [-0.39, 0.29) is 19.8 Å². The molecule has 2 nitrogen and oxygen atoms in total. The van der Waals surface area contributed by atoms with Gasteiger partial charge in [0.2, 0.25) is 17.0 Å². The van der Waals surface area contributed by atoms with Crippen molar-refractivity contribution in [1.82, 2.24) is 0 Å². The molecule has 1 aliphatic carbocycles. The molecule has 0 saturated heterocycles. The van der Waals surface area contributed by atoms with Crippen LogP contribution in [0.25, 0.3) is 0 Å². The van der Waals surface area contributed by atoms with E-state index in [4.69, 9.17) is 0 Å². The minimum Gasteiger partial charge on any atom is -0.467 e. The highest BCUT2D eigenvalue weighted by molar-refractivity contribution is 5.82. The van der Waals surface area contributed by atoms with Crippen molar-refractivity contribution in [3.63, 3.8) is 0 Å². The van der Waals surface area contributed by atoms with E-state index in [1.807, 2.05) is 0 Å². The summed E-state index contributed by atoms with van der Waals surface area (Å²) in [5, 5.41) is 0. The maximum absolute atomic E-state index is 15.2. The lowest BCUT2D eigenvalue weighted by Crippen LogP contribution is -2.71. The molecule has 1 saturated carbocycles. The standard InChI is InChI=1S/C13H18F6O2/c1-7(2)12(16,10(3,14)13(17,18)19)11(15,8-5-6-8)9(20)21-4/h7-8H,5-6H2,1-4H3. The van der Waals surface area contributed by atoms with Crippen molar-refractivity contribution in [1.29, 1.82) is 0 Å². The van der Waals surface area contributed by atoms with Gasteiger partial charge in [0.15, 0.2) is 0 Å². The molecule has 0 radical (unpaired) electrons. The molecule has 21 heavy (non-hydrogen) atoms. The Bertz CT molecular complexity index is 415. The smallest absolute Gasteiger partial charge is 0.425 e. The van der Waals surface area contributed by atoms with Crippen molar-refractivity contribution in [2.75, 3.05) is 7.11 Å². The first-order chi connectivity index (χ1) is 9.28. The van der Waals surface area contributed by atoms with Gasteiger partial charge in [0.05, 0.1) is 7.11 Å². The predicted octanol–water partition coefficient (Wildman–Crippen LogP) is 3.93. The van der Waals surface area contributed by atoms with Crippen molar-refractivity contribution < 1.29 is 35.9 Å². The maximum atomic E-state index is 15.2. The van der Waals surface area contributed by atoms with Gasteiger partial charge in [0.25, 0.3) is 0 Å². The van der Waals surface area contributed by atoms with E-state index in [1.54, 1.807) is 0 Å². The monoisotopic (exact) mass is 320 g/mol. The first kappa shape index (κ1) is 18.1. The van der Waals surface area contributed by atoms with E-state index >= 15 is 8.78 Å². The fourth-order valence-corrected chi connectivity index (χ4v) is 2.75. The van der Waals surface area contributed by atoms with Crippen molar-refractivity contribution in [3.8, 4) is 0 Å². The molecule has 3 atom stereocenters. The van der Waals surface area contributed by atoms with E-state index in [0.717, 1.165) is 21.0 Å². The largest absolute Gasteiger partial charge is 0.467 e. The number of carbonyl (C=O) groups excluding carboxylic acids is 1. The Hall–Kier alpha value is -0.950. The highest BCUT2D eigenvalue weighted by Crippen LogP contribution is 2.60. The second-order valence-corrected chi connectivity index (χ2v) is 5.84. The summed E-state index contributed by atoms with van der Waals surface area (Å²) in [6, 6.07) is 0. The van der Waals surface area contributed by atoms with Gasteiger partial charge in [-0.05, 0) is 25.7 Å². The lowest BCUT2D eigenvalue weighted by atomic mass is 9.66. The minimum absolute atomic E-state index is 0.00206. The third kappa shape index (κ3) is 2.30. The molecular weight excluding hydrogens is 302 g/mol. The quantitative estimate of drug-likeness (QED) is 0.567. The van der Waals surface area contributed by atoms with Crippen LogP contribution in [0.4, 0.5) is 26.3 Å². The van der Waals surface area contributed by atoms with Gasteiger partial charge in [-0.1, -0.05) is 13.8 Å². The molecule has 3 unspecified atom stereocenters. The van der Waals surface area contributed by atoms with Gasteiger partial charge < -0.3 is 4.74 Å². The first-order valence-corrected chi connectivity index (χ1v) is 6.50. The third-order valence-corrected chi connectivity index (χ3v) is 4.16. The van der Waals surface area contributed by atoms with Gasteiger partial charge in [-0.25, -0.2) is 18.0 Å². The highest BCUT2D eigenvalue weighted by Gasteiger charge is 2.80. The zero-order valence-electron chi connectivity index (χ0n) is 12.2. The van der Waals surface area contributed by atoms with Crippen LogP contribution in [0.2, 0.25) is 0 Å². The molecule has 0 aliphatic heterocycles. The Labute approximate surface area is 118 Å². The molecule has 0 heterocycles. The lowest BCUT2D eigenvalue weighted by molar-refractivity contribution is -0.300. The fourth-order valence-electron chi connectivity index (χ4n) is 2.75. The van der Waals surface area contributed by atoms with Crippen molar-refractivity contribution in [2.45, 2.75) is 56.8 Å². The van der Waals surface area contributed by atoms with Gasteiger partial charge >= 0.3 is 12.1 Å². The number of esters is 1. The molecule has 0 spiro atoms. The average Bonchev–Trinajstić information content (AvgIpc) is 3.18. The Morgan fingerprint density at radius 3 is 1.76 bits per heavy atom. The van der Waals surface area contributed by atoms with Crippen LogP contribution in [0.15, 0.2) is 0 Å². The second kappa shape index (κ2) is 5.05. The zero-order valence-corrected chi connectivity index (χ0v) is 12.2. The van der Waals surface area contributed by atoms with Gasteiger partial charge in [0, 0.05) is 5.92 Å². The molecule has 0 aromatic carbocycles. The maximum Gasteiger partial charge on any atom is 0.425 e. The lowest BCUT2D eigenvalue weighted by Gasteiger charge is -2.47. The molecule has 0 aromatic rings. The number of hydrogen-bond donors (Lipinski definition) is 0. The molecule has 8 heteroatoms. The number of rotatable bonds is 5. The van der Waals surface area contributed by atoms with Crippen LogP contribution >= 0.6 is 0 Å². The SMILES string of the molecule is COC(=O)C(F)(C1CC1)C(F)(C(C)C)C(C)(F)C(F)(F)F. The third-order valence-electron chi connectivity index (χ3n) is 4.16. The summed E-state index contributed by atoms with van der Waals surface area (Å²) in [4.78, 5) is 11.7. The van der Waals surface area contributed by atoms with Crippen LogP contribution in [0, 0.1) is 11.8 Å². The van der Waals surface area contributed by atoms with Crippen LogP contribution in [-0.4, -0.2) is 36.3 Å². The number of hydrogen-bond acceptors (Lipinski definition) is 2. The number of ether oxygens (including phenoxy) is 1. The normalized spacial score (nSPS) is 24.9. The van der Waals surface area contributed by atoms with Crippen LogP contribution < -0.4 is 0 Å². The predicted molar refractivity (Wildman–Crippen MR) is 62.8 cm³/mol. The number of methoxy groups -OCH3 is 1. The van der Waals surface area contributed by atoms with Crippen LogP contribution in [0.1, 0.15) is 33.6 Å². The topological polar surface area (TPSA) is 26.3 Å². The molecule has 0 N–H and O–H groups in total. The summed E-state index contributed by atoms with van der Waals surface area (Å²) in [6.45, 7) is 1.74. The Balaban J connectivity index is 3.55. The molecule has 0 amide bonds. The van der Waals surface area contributed by atoms with Crippen molar-refractivity contribution >= 4 is 5.97 Å². The molecule has 0 aromatic heterocycles. The summed E-state index contributed by atoms with van der Waals surface area (Å²) in [7, 11) is 0.725. The second-order valence-electron chi connectivity index (χ2n) is 5.84. The van der Waals surface area contributed by atoms with Gasteiger partial charge in [-0.15, -0.1) is 0 Å². The molecule has 124 valence electrons. The minimum atomic E-state index is -5.67. The molecule has 1 rings (SSSR count). The number of carbonyl (C=O) groups is 1. The van der Waals surface area contributed by atoms with E-state index in [1.165, 1.54) is 0 Å². The Morgan fingerprint density at radius 1 is 1.10 bits per heavy atom. The first-order valence-electron chi connectivity index (χ1n) is 6.50. The van der Waals surface area contributed by atoms with Crippen LogP contribution in [0.5, 0.6) is 0 Å². The Kier molecular flexibility index (Phi) is 4.35. The van der Waals surface area contributed by atoms with E-state index in [2.05, 4.69) is 4.74 Å². The highest BCUT2D eigenvalue weighted by atomic mass is 19.4. The fraction of sp³-hybridized carbons (Fsp3) is 0.923. The van der Waals surface area contributed by atoms with Crippen LogP contribution in [-0.2, 0) is 9.53 Å². The summed E-state index contributed by atoms with van der Waals surface area (Å²) < 4.78 is 87.6. The van der Waals surface area contributed by atoms with Gasteiger partial charge in [0.1, 0.15) is 0 Å². The van der Waals surface area contributed by atoms with E-state index < -0.39 is 41.0 Å². The average molecular weight is 320 g/mol. The Morgan fingerprint density at radius 2 is 1.52 bits per heavy atom. The molecular formula is C13H18F6O2. The van der Waals surface area contributed by atoms with Gasteiger partial charge in [-0.3, -0.25) is 0 Å². The summed E-state index contributed by atoms with van der Waals surface area (Å²) in [6.07, 6.45) is -5.68. The summed E-state index contributed by atoms with van der Waals surface area (Å²) >= 11 is 0. The van der Waals surface area contributed by atoms with Crippen molar-refractivity contribution in [2.24, 2.45) is 11.8 Å². The van der Waals surface area contributed by atoms with Crippen molar-refractivity contribution in [3.05, 3.63) is 0 Å². The molecule has 1 aliphatic rings. The summed E-state index contributed by atoms with van der Waals surface area (Å²) in [5.41, 5.74) is -12.3. The van der Waals surface area contributed by atoms with Gasteiger partial charge in [-0.2, -0.15) is 13.2 Å². The number of alkyl halides is 6. The zero-order chi connectivity index (χ0) is 16.9. The number of halogens is 6. The molecule has 0 bridgehead atoms. The van der Waals surface area contributed by atoms with E-state index in [9.17, 15) is 22.4 Å². The summed E-state index contributed by atoms with van der Waals surface area (Å²) in [5.74, 6) is -4.87. The van der Waals surface area contributed by atoms with E-state index in [0.29, 0.717) is 0 Å². The van der Waals surface area contributed by atoms with Crippen LogP contribution in [0.3, 0.4) is 0 Å². The molecule has 1 fully saturated rings.